The number of aromatic nitrogens is 2. The maximum atomic E-state index is 13.1. The summed E-state index contributed by atoms with van der Waals surface area (Å²) in [6.45, 7) is 1.97. The van der Waals surface area contributed by atoms with Crippen molar-refractivity contribution < 1.29 is 4.39 Å². The number of hydrogen-bond donors (Lipinski definition) is 1. The molecule has 0 amide bonds. The summed E-state index contributed by atoms with van der Waals surface area (Å²) < 4.78 is 13.1. The number of nitrogens with zero attached hydrogens (tertiary/aromatic N) is 1. The Morgan fingerprint density at radius 3 is 3.00 bits per heavy atom. The molecule has 0 unspecified atom stereocenters. The van der Waals surface area contributed by atoms with Gasteiger partial charge in [0.1, 0.15) is 11.6 Å². The van der Waals surface area contributed by atoms with E-state index < -0.39 is 0 Å². The molecule has 17 heavy (non-hydrogen) atoms. The fourth-order valence-corrected chi connectivity index (χ4v) is 1.83. The van der Waals surface area contributed by atoms with E-state index >= 15 is 0 Å². The predicted octanol–water partition coefficient (Wildman–Crippen LogP) is 3.48. The number of fused-ring (bicyclic) bond motifs is 1. The first-order valence-corrected chi connectivity index (χ1v) is 5.36. The van der Waals surface area contributed by atoms with Crippen molar-refractivity contribution in [2.75, 3.05) is 0 Å². The summed E-state index contributed by atoms with van der Waals surface area (Å²) in [7, 11) is 0. The van der Waals surface area contributed by atoms with Gasteiger partial charge in [-0.3, -0.25) is 0 Å². The van der Waals surface area contributed by atoms with E-state index in [-0.39, 0.29) is 5.82 Å². The second-order valence-corrected chi connectivity index (χ2v) is 4.01. The van der Waals surface area contributed by atoms with Crippen molar-refractivity contribution in [3.8, 4) is 11.4 Å². The van der Waals surface area contributed by atoms with Gasteiger partial charge in [-0.25, -0.2) is 9.37 Å². The van der Waals surface area contributed by atoms with Crippen LogP contribution in [0.1, 0.15) is 5.56 Å². The number of halogens is 1. The molecule has 83 valence electrons. The molecule has 3 heteroatoms. The van der Waals surface area contributed by atoms with Gasteiger partial charge in [0.25, 0.3) is 0 Å². The first-order chi connectivity index (χ1) is 8.22. The molecule has 0 bridgehead atoms. The Bertz CT molecular complexity index is 686. The van der Waals surface area contributed by atoms with Gasteiger partial charge in [-0.1, -0.05) is 12.1 Å². The summed E-state index contributed by atoms with van der Waals surface area (Å²) in [6, 6.07) is 13.3. The zero-order chi connectivity index (χ0) is 11.8. The zero-order valence-electron chi connectivity index (χ0n) is 9.29. The van der Waals surface area contributed by atoms with Crippen LogP contribution in [0.5, 0.6) is 0 Å². The van der Waals surface area contributed by atoms with E-state index in [0.717, 1.165) is 22.2 Å². The van der Waals surface area contributed by atoms with Gasteiger partial charge in [0.05, 0.1) is 11.0 Å². The second-order valence-electron chi connectivity index (χ2n) is 4.01. The average molecular weight is 225 g/mol. The molecule has 0 saturated heterocycles. The lowest BCUT2D eigenvalue weighted by Crippen LogP contribution is -1.81. The quantitative estimate of drug-likeness (QED) is 0.674. The Morgan fingerprint density at radius 1 is 1.29 bits per heavy atom. The highest BCUT2D eigenvalue weighted by molar-refractivity contribution is 5.79. The monoisotopic (exact) mass is 225 g/mol. The maximum Gasteiger partial charge on any atom is 0.138 e. The van der Waals surface area contributed by atoms with Crippen molar-refractivity contribution in [3.05, 3.63) is 53.8 Å². The first-order valence-electron chi connectivity index (χ1n) is 5.36. The molecule has 0 aliphatic heterocycles. The Balaban J connectivity index is 2.18. The average Bonchev–Trinajstić information content (AvgIpc) is 2.72. The Kier molecular flexibility index (Phi) is 2.18. The number of rotatable bonds is 1. The van der Waals surface area contributed by atoms with Crippen LogP contribution < -0.4 is 0 Å². The Morgan fingerprint density at radius 2 is 2.18 bits per heavy atom. The van der Waals surface area contributed by atoms with Crippen LogP contribution in [0.3, 0.4) is 0 Å². The summed E-state index contributed by atoms with van der Waals surface area (Å²) >= 11 is 0. The van der Waals surface area contributed by atoms with E-state index in [1.165, 1.54) is 12.1 Å². The van der Waals surface area contributed by atoms with Crippen LogP contribution in [0.15, 0.2) is 36.4 Å². The van der Waals surface area contributed by atoms with Crippen molar-refractivity contribution in [2.24, 2.45) is 0 Å². The molecule has 0 spiro atoms. The number of aryl methyl sites for hydroxylation is 1. The minimum Gasteiger partial charge on any atom is -0.338 e. The van der Waals surface area contributed by atoms with Crippen LogP contribution in [0.2, 0.25) is 0 Å². The van der Waals surface area contributed by atoms with Crippen molar-refractivity contribution >= 4 is 11.0 Å². The minimum atomic E-state index is -0.259. The van der Waals surface area contributed by atoms with Gasteiger partial charge in [0.2, 0.25) is 0 Å². The smallest absolute Gasteiger partial charge is 0.138 e. The molecule has 3 aromatic rings. The second kappa shape index (κ2) is 3.70. The summed E-state index contributed by atoms with van der Waals surface area (Å²) in [4.78, 5) is 7.59. The third kappa shape index (κ3) is 1.80. The van der Waals surface area contributed by atoms with Gasteiger partial charge in [-0.2, -0.15) is 0 Å². The minimum absolute atomic E-state index is 0.259. The van der Waals surface area contributed by atoms with Crippen LogP contribution in [0, 0.1) is 18.8 Å². The number of nitrogens with one attached hydrogen (secondary N) is 1. The highest BCUT2D eigenvalue weighted by Gasteiger charge is 2.05. The number of imidazole rings is 1. The molecular weight excluding hydrogens is 215 g/mol. The van der Waals surface area contributed by atoms with Crippen molar-refractivity contribution in [1.29, 1.82) is 0 Å². The van der Waals surface area contributed by atoms with Crippen molar-refractivity contribution in [2.45, 2.75) is 6.92 Å². The van der Waals surface area contributed by atoms with Crippen LogP contribution in [0.25, 0.3) is 22.4 Å². The van der Waals surface area contributed by atoms with Gasteiger partial charge < -0.3 is 4.98 Å². The predicted molar refractivity (Wildman–Crippen MR) is 65.1 cm³/mol. The van der Waals surface area contributed by atoms with E-state index in [9.17, 15) is 4.39 Å². The molecule has 0 aliphatic rings. The summed E-state index contributed by atoms with van der Waals surface area (Å²) in [5.41, 5.74) is 3.58. The molecule has 0 saturated carbocycles. The lowest BCUT2D eigenvalue weighted by atomic mass is 10.2. The Hall–Kier alpha value is -2.16. The summed E-state index contributed by atoms with van der Waals surface area (Å²) in [6.07, 6.45) is 0. The third-order valence-corrected chi connectivity index (χ3v) is 2.66. The topological polar surface area (TPSA) is 28.7 Å². The SMILES string of the molecule is Cc1[c]cc2nc(-c3cccc(F)c3)[nH]c2c1. The Labute approximate surface area is 98.1 Å². The molecule has 1 heterocycles. The van der Waals surface area contributed by atoms with Crippen LogP contribution in [0.4, 0.5) is 4.39 Å². The highest BCUT2D eigenvalue weighted by atomic mass is 19.1. The number of benzene rings is 2. The standard InChI is InChI=1S/C14H10FN2/c1-9-5-6-12-13(7-9)17-14(16-12)10-3-2-4-11(15)8-10/h2-4,6-8H,1H3,(H,16,17). The van der Waals surface area contributed by atoms with Gasteiger partial charge in [0, 0.05) is 5.56 Å². The first kappa shape index (κ1) is 10.0. The zero-order valence-corrected chi connectivity index (χ0v) is 9.29. The highest BCUT2D eigenvalue weighted by Crippen LogP contribution is 2.21. The largest absolute Gasteiger partial charge is 0.338 e. The van der Waals surface area contributed by atoms with Crippen molar-refractivity contribution in [3.63, 3.8) is 0 Å². The van der Waals surface area contributed by atoms with E-state index in [2.05, 4.69) is 16.0 Å². The van der Waals surface area contributed by atoms with Gasteiger partial charge >= 0.3 is 0 Å². The van der Waals surface area contributed by atoms with Crippen LogP contribution >= 0.6 is 0 Å². The third-order valence-electron chi connectivity index (χ3n) is 2.66. The fraction of sp³-hybridized carbons (Fsp3) is 0.0714. The number of H-pyrrole nitrogens is 1. The molecule has 3 rings (SSSR count). The lowest BCUT2D eigenvalue weighted by Gasteiger charge is -1.95. The van der Waals surface area contributed by atoms with Crippen molar-refractivity contribution in [1.82, 2.24) is 9.97 Å². The summed E-state index contributed by atoms with van der Waals surface area (Å²) in [5, 5.41) is 0. The molecular formula is C14H10FN2. The molecule has 1 radical (unpaired) electrons. The van der Waals surface area contributed by atoms with Gasteiger partial charge in [-0.15, -0.1) is 0 Å². The van der Waals surface area contributed by atoms with E-state index in [4.69, 9.17) is 0 Å². The molecule has 1 aromatic heterocycles. The normalized spacial score (nSPS) is 10.9. The molecule has 2 nitrogen and oxygen atoms in total. The molecule has 1 N–H and O–H groups in total. The van der Waals surface area contributed by atoms with E-state index in [1.807, 2.05) is 25.1 Å². The van der Waals surface area contributed by atoms with E-state index in [0.29, 0.717) is 5.82 Å². The number of hydrogen-bond acceptors (Lipinski definition) is 1. The maximum absolute atomic E-state index is 13.1. The van der Waals surface area contributed by atoms with E-state index in [1.54, 1.807) is 6.07 Å². The molecule has 0 fully saturated rings. The fourth-order valence-electron chi connectivity index (χ4n) is 1.83. The molecule has 0 atom stereocenters. The van der Waals surface area contributed by atoms with Crippen LogP contribution in [-0.2, 0) is 0 Å². The molecule has 0 aliphatic carbocycles. The summed E-state index contributed by atoms with van der Waals surface area (Å²) in [5.74, 6) is 0.421. The number of aromatic amines is 1. The molecule has 2 aromatic carbocycles. The van der Waals surface area contributed by atoms with Crippen LogP contribution in [-0.4, -0.2) is 9.97 Å². The lowest BCUT2D eigenvalue weighted by molar-refractivity contribution is 0.628. The van der Waals surface area contributed by atoms with Gasteiger partial charge in [-0.05, 0) is 42.8 Å². The van der Waals surface area contributed by atoms with Gasteiger partial charge in [0.15, 0.2) is 0 Å².